The first-order valence-corrected chi connectivity index (χ1v) is 37.0. The average molecular weight is 1480 g/mol. The number of thioether (sulfide) groups is 2. The van der Waals surface area contributed by atoms with Crippen LogP contribution in [0.25, 0.3) is 10.9 Å². The molecule has 38 heteroatoms. The molecule has 1 aromatic heterocycles. The van der Waals surface area contributed by atoms with Gasteiger partial charge in [-0.3, -0.25) is 62.7 Å². The highest BCUT2D eigenvalue weighted by molar-refractivity contribution is 7.98. The summed E-state index contributed by atoms with van der Waals surface area (Å²) in [5, 5.41) is 56.1. The second kappa shape index (κ2) is 46.4. The van der Waals surface area contributed by atoms with E-state index in [1.807, 2.05) is 20.1 Å². The summed E-state index contributed by atoms with van der Waals surface area (Å²) in [6.45, 7) is 3.53. The number of aromatic nitrogens is 1. The Morgan fingerprint density at radius 1 is 0.594 bits per heavy atom. The van der Waals surface area contributed by atoms with Crippen molar-refractivity contribution in [3.8, 4) is 0 Å². The van der Waals surface area contributed by atoms with Crippen molar-refractivity contribution in [1.82, 2.24) is 63.1 Å². The van der Waals surface area contributed by atoms with E-state index in [-0.39, 0.29) is 120 Å². The Morgan fingerprint density at radius 3 is 1.58 bits per heavy atom. The third-order valence-corrected chi connectivity index (χ3v) is 18.0. The number of aliphatic hydroxyl groups excluding tert-OH is 2. The minimum absolute atomic E-state index is 0.000231. The lowest BCUT2D eigenvalue weighted by molar-refractivity contribution is -0.143. The first kappa shape index (κ1) is 87.0. The second-order valence-corrected chi connectivity index (χ2v) is 27.0. The Hall–Kier alpha value is -8.17. The average Bonchev–Trinajstić information content (AvgIpc) is 1.73. The van der Waals surface area contributed by atoms with Crippen LogP contribution in [0.15, 0.2) is 40.4 Å². The van der Waals surface area contributed by atoms with E-state index in [2.05, 4.69) is 80.8 Å². The number of hydrogen-bond donors (Lipinski definition) is 21. The Kier molecular flexibility index (Phi) is 40.0. The molecule has 3 rings (SSSR count). The summed E-state index contributed by atoms with van der Waals surface area (Å²) in [4.78, 5) is 179. The lowest BCUT2D eigenvalue weighted by atomic mass is 10.0. The number of carbonyl (C=O) groups is 12. The standard InChI is InChI=1S/C63H106N20O15S3/c1-6-38(51(87)81-47(32-85)61(97)98)73-58(94)48(33-99)82-59(95)49-19-13-25-83(49)60(96)43(21-27-101-5)77-53(89)40(16-9-10-22-64)74-52(88)41(17-11-23-70-62(66)67)76-57(93)46(31-84)80-56(92)45(29-35-30-72-39-15-8-7-14-36(35)39)79-54(90)42(18-12-24-71-63(68)69)75-55(91)44(28-34(2)3)78-50(86)37(65)20-26-100-4/h7-8,14-15,30,34,37-38,40-49,72,84-85,99H,6,9-13,16-29,31-33,64-65H2,1-5H3,(H,73,94)(H,74,88)(H,75,91)(H,76,93)(H,77,89)(H,78,86)(H,79,90)(H,80,92)(H,81,87)(H,82,95)(H,97,98)(H4,66,67,70)(H4,68,69,71)/t37-,38+,40+,41+,42+,43+,44+,45+,46+,47+,48+,49+/m1/s1. The highest BCUT2D eigenvalue weighted by Gasteiger charge is 2.41. The minimum Gasteiger partial charge on any atom is -0.480 e. The summed E-state index contributed by atoms with van der Waals surface area (Å²) in [5.41, 5.74) is 35.6. The number of hydrogen-bond acceptors (Lipinski definition) is 21. The van der Waals surface area contributed by atoms with Gasteiger partial charge in [-0.15, -0.1) is 0 Å². The molecule has 1 aromatic carbocycles. The Bertz CT molecular complexity index is 3120. The van der Waals surface area contributed by atoms with Crippen molar-refractivity contribution in [2.24, 2.45) is 50.3 Å². The third kappa shape index (κ3) is 30.1. The predicted molar refractivity (Wildman–Crippen MR) is 388 cm³/mol. The lowest BCUT2D eigenvalue weighted by Gasteiger charge is -2.31. The van der Waals surface area contributed by atoms with Gasteiger partial charge in [0.15, 0.2) is 11.9 Å². The quantitative estimate of drug-likeness (QED) is 0.0128. The normalized spacial score (nSPS) is 16.0. The largest absolute Gasteiger partial charge is 0.480 e. The molecular weight excluding hydrogens is 1370 g/mol. The van der Waals surface area contributed by atoms with Crippen LogP contribution in [0.4, 0.5) is 0 Å². The number of rotatable bonds is 48. The first-order chi connectivity index (χ1) is 48.1. The molecule has 0 spiro atoms. The zero-order valence-corrected chi connectivity index (χ0v) is 60.5. The van der Waals surface area contributed by atoms with Crippen molar-refractivity contribution in [3.63, 3.8) is 0 Å². The number of unbranched alkanes of at least 4 members (excludes halogenated alkanes) is 1. The van der Waals surface area contributed by atoms with Gasteiger partial charge in [0.05, 0.1) is 19.3 Å². The van der Waals surface area contributed by atoms with Gasteiger partial charge >= 0.3 is 5.97 Å². The highest BCUT2D eigenvalue weighted by atomic mass is 32.2. The van der Waals surface area contributed by atoms with Gasteiger partial charge in [0.25, 0.3) is 0 Å². The van der Waals surface area contributed by atoms with Crippen LogP contribution < -0.4 is 87.6 Å². The van der Waals surface area contributed by atoms with Gasteiger partial charge in [0.1, 0.15) is 66.5 Å². The lowest BCUT2D eigenvalue weighted by Crippen LogP contribution is -2.61. The van der Waals surface area contributed by atoms with Gasteiger partial charge in [-0.2, -0.15) is 36.2 Å². The van der Waals surface area contributed by atoms with Gasteiger partial charge < -0.3 is 113 Å². The van der Waals surface area contributed by atoms with Crippen molar-refractivity contribution in [1.29, 1.82) is 0 Å². The zero-order chi connectivity index (χ0) is 75.3. The maximum absolute atomic E-state index is 14.8. The molecule has 566 valence electrons. The number of guanidine groups is 2. The number of aromatic amines is 1. The first-order valence-electron chi connectivity index (χ1n) is 33.6. The molecule has 1 saturated heterocycles. The molecule has 12 atom stereocenters. The van der Waals surface area contributed by atoms with Crippen molar-refractivity contribution < 1.29 is 72.9 Å². The highest BCUT2D eigenvalue weighted by Crippen LogP contribution is 2.22. The summed E-state index contributed by atoms with van der Waals surface area (Å²) in [7, 11) is 0. The number of aliphatic carboxylic acids is 1. The van der Waals surface area contributed by atoms with Crippen molar-refractivity contribution >= 4 is 130 Å². The Morgan fingerprint density at radius 2 is 1.06 bits per heavy atom. The van der Waals surface area contributed by atoms with Crippen LogP contribution in [0.2, 0.25) is 0 Å². The minimum atomic E-state index is -1.81. The van der Waals surface area contributed by atoms with Gasteiger partial charge in [0, 0.05) is 48.9 Å². The number of nitrogens with one attached hydrogen (secondary N) is 11. The van der Waals surface area contributed by atoms with Crippen LogP contribution in [0.3, 0.4) is 0 Å². The van der Waals surface area contributed by atoms with E-state index >= 15 is 0 Å². The van der Waals surface area contributed by atoms with Crippen LogP contribution in [0, 0.1) is 5.92 Å². The molecule has 1 aliphatic rings. The van der Waals surface area contributed by atoms with Crippen molar-refractivity contribution in [3.05, 3.63) is 36.0 Å². The molecule has 0 saturated carbocycles. The van der Waals surface area contributed by atoms with Crippen LogP contribution >= 0.6 is 36.2 Å². The number of likely N-dealkylation sites (tertiary alicyclic amines) is 1. The number of amides is 11. The molecule has 0 aliphatic carbocycles. The fraction of sp³-hybridized carbons (Fsp3) is 0.651. The zero-order valence-electron chi connectivity index (χ0n) is 58.0. The van der Waals surface area contributed by atoms with E-state index in [1.54, 1.807) is 43.6 Å². The fourth-order valence-electron chi connectivity index (χ4n) is 10.8. The van der Waals surface area contributed by atoms with E-state index in [4.69, 9.17) is 34.4 Å². The fourth-order valence-corrected chi connectivity index (χ4v) is 12.0. The van der Waals surface area contributed by atoms with E-state index in [1.165, 1.54) is 28.4 Å². The number of carboxylic acid groups (broad SMARTS) is 1. The molecule has 1 fully saturated rings. The number of nitrogens with two attached hydrogens (primary N) is 6. The van der Waals surface area contributed by atoms with Crippen LogP contribution in [0.1, 0.15) is 110 Å². The molecule has 2 heterocycles. The smallest absolute Gasteiger partial charge is 0.328 e. The summed E-state index contributed by atoms with van der Waals surface area (Å²) in [6.07, 6.45) is 6.69. The summed E-state index contributed by atoms with van der Waals surface area (Å²) in [5.74, 6) is -10.6. The van der Waals surface area contributed by atoms with E-state index in [0.29, 0.717) is 47.2 Å². The van der Waals surface area contributed by atoms with Crippen molar-refractivity contribution in [2.45, 2.75) is 183 Å². The number of fused-ring (bicyclic) bond motifs is 1. The molecule has 2 aromatic rings. The Balaban J connectivity index is 1.97. The molecule has 0 radical (unpaired) electrons. The Labute approximate surface area is 601 Å². The number of aliphatic hydroxyl groups is 2. The van der Waals surface area contributed by atoms with Crippen LogP contribution in [0.5, 0.6) is 0 Å². The van der Waals surface area contributed by atoms with Gasteiger partial charge in [0.2, 0.25) is 65.0 Å². The van der Waals surface area contributed by atoms with Crippen LogP contribution in [-0.2, 0) is 64.0 Å². The van der Waals surface area contributed by atoms with Gasteiger partial charge in [-0.1, -0.05) is 39.0 Å². The number of carboxylic acids is 1. The van der Waals surface area contributed by atoms with Gasteiger partial charge in [-0.25, -0.2) is 4.79 Å². The van der Waals surface area contributed by atoms with Gasteiger partial charge in [-0.05, 0) is 132 Å². The molecule has 11 amide bonds. The molecule has 0 bridgehead atoms. The number of benzene rings is 1. The van der Waals surface area contributed by atoms with E-state index in [9.17, 15) is 72.9 Å². The van der Waals surface area contributed by atoms with Crippen LogP contribution in [-0.4, -0.2) is 250 Å². The second-order valence-electron chi connectivity index (χ2n) is 24.6. The summed E-state index contributed by atoms with van der Waals surface area (Å²) < 4.78 is 0. The topological polar surface area (TPSA) is 586 Å². The number of thiol groups is 1. The van der Waals surface area contributed by atoms with E-state index in [0.717, 1.165) is 0 Å². The number of H-pyrrole nitrogens is 1. The predicted octanol–water partition coefficient (Wildman–Crippen LogP) is -4.93. The number of nitrogens with zero attached hydrogens (tertiary/aromatic N) is 3. The number of para-hydroxylation sites is 1. The monoisotopic (exact) mass is 1480 g/mol. The molecule has 0 unspecified atom stereocenters. The summed E-state index contributed by atoms with van der Waals surface area (Å²) >= 11 is 7.09. The molecular formula is C63H106N20O15S3. The third-order valence-electron chi connectivity index (χ3n) is 16.3. The SMILES string of the molecule is CC[C@H](NC(=O)[C@H](CS)NC(=O)[C@@H]1CCCN1C(=O)[C@H](CCSC)NC(=O)[C@H](CCCCN)NC(=O)[C@H](CCCN=C(N)N)NC(=O)[C@H](CO)NC(=O)[C@H](Cc1c[nH]c2ccccc12)NC(=O)[C@H](CCCN=C(N)N)NC(=O)[C@H](CC(C)C)NC(=O)[C@H](N)CCSC)C(=O)N[C@@H](CO)C(=O)O. The number of carbonyl (C=O) groups excluding carboxylic acids is 11. The maximum Gasteiger partial charge on any atom is 0.328 e. The molecule has 26 N–H and O–H groups in total. The molecule has 101 heavy (non-hydrogen) atoms. The molecule has 35 nitrogen and oxygen atoms in total. The van der Waals surface area contributed by atoms with Crippen molar-refractivity contribution in [2.75, 3.05) is 69.2 Å². The maximum atomic E-state index is 14.8. The molecule has 1 aliphatic heterocycles. The number of aliphatic imine (C=N–C) groups is 2. The van der Waals surface area contributed by atoms with E-state index < -0.39 is 157 Å². The summed E-state index contributed by atoms with van der Waals surface area (Å²) in [6, 6.07) is -9.21.